The van der Waals surface area contributed by atoms with Crippen LogP contribution in [0, 0.1) is 18.8 Å². The predicted molar refractivity (Wildman–Crippen MR) is 120 cm³/mol. The van der Waals surface area contributed by atoms with E-state index >= 15 is 0 Å². The highest BCUT2D eigenvalue weighted by molar-refractivity contribution is 5.96. The smallest absolute Gasteiger partial charge is 0.162 e. The van der Waals surface area contributed by atoms with Gasteiger partial charge in [-0.3, -0.25) is 4.79 Å². The number of aryl methyl sites for hydroxylation is 1. The molecule has 3 aliphatic rings. The number of fused-ring (bicyclic) bond motifs is 3. The van der Waals surface area contributed by atoms with E-state index in [9.17, 15) is 4.79 Å². The van der Waals surface area contributed by atoms with Gasteiger partial charge in [-0.2, -0.15) is 0 Å². The molecule has 0 radical (unpaired) electrons. The van der Waals surface area contributed by atoms with E-state index in [1.807, 2.05) is 24.3 Å². The maximum absolute atomic E-state index is 12.5. The van der Waals surface area contributed by atoms with Gasteiger partial charge in [0.15, 0.2) is 5.78 Å². The van der Waals surface area contributed by atoms with Gasteiger partial charge in [-0.15, -0.1) is 0 Å². The summed E-state index contributed by atoms with van der Waals surface area (Å²) in [5.74, 6) is 4.37. The van der Waals surface area contributed by atoms with Crippen LogP contribution in [0.25, 0.3) is 0 Å². The Labute approximate surface area is 175 Å². The number of rotatable bonds is 5. The van der Waals surface area contributed by atoms with Crippen LogP contribution in [0.15, 0.2) is 42.5 Å². The molecule has 0 amide bonds. The van der Waals surface area contributed by atoms with E-state index in [-0.39, 0.29) is 0 Å². The van der Waals surface area contributed by atoms with Gasteiger partial charge in [0.2, 0.25) is 0 Å². The Hall–Kier alpha value is -1.89. The number of carbonyl (C=O) groups is 1. The van der Waals surface area contributed by atoms with Crippen molar-refractivity contribution in [1.29, 1.82) is 0 Å². The molecule has 2 aromatic rings. The minimum Gasteiger partial charge on any atom is -0.294 e. The van der Waals surface area contributed by atoms with Gasteiger partial charge >= 0.3 is 0 Å². The van der Waals surface area contributed by atoms with Crippen LogP contribution in [-0.2, 0) is 0 Å². The first kappa shape index (κ1) is 19.1. The number of ketones is 1. The molecule has 0 aliphatic heterocycles. The Balaban J connectivity index is 1.22. The number of benzene rings is 2. The zero-order valence-electron chi connectivity index (χ0n) is 18.0. The molecular weight excluding hydrogens is 352 g/mol. The van der Waals surface area contributed by atoms with Crippen LogP contribution in [0.3, 0.4) is 0 Å². The molecule has 0 saturated heterocycles. The van der Waals surface area contributed by atoms with Crippen LogP contribution in [0.1, 0.15) is 109 Å². The van der Waals surface area contributed by atoms with Crippen LogP contribution < -0.4 is 0 Å². The summed E-state index contributed by atoms with van der Waals surface area (Å²) < 4.78 is 0. The fourth-order valence-corrected chi connectivity index (χ4v) is 6.76. The second-order valence-electron chi connectivity index (χ2n) is 10.1. The topological polar surface area (TPSA) is 17.1 Å². The molecule has 0 N–H and O–H groups in total. The molecule has 0 spiro atoms. The largest absolute Gasteiger partial charge is 0.294 e. The normalized spacial score (nSPS) is 29.9. The third kappa shape index (κ3) is 3.47. The Morgan fingerprint density at radius 2 is 1.72 bits per heavy atom. The van der Waals surface area contributed by atoms with Crippen LogP contribution in [0.2, 0.25) is 0 Å². The van der Waals surface area contributed by atoms with Crippen LogP contribution in [0.5, 0.6) is 0 Å². The fourth-order valence-electron chi connectivity index (χ4n) is 6.76. The lowest BCUT2D eigenvalue weighted by molar-refractivity contribution is 0.0975. The van der Waals surface area contributed by atoms with Crippen molar-refractivity contribution in [3.05, 3.63) is 70.3 Å². The predicted octanol–water partition coefficient (Wildman–Crippen LogP) is 7.54. The summed E-state index contributed by atoms with van der Waals surface area (Å²) in [5.41, 5.74) is 7.22. The Kier molecular flexibility index (Phi) is 5.10. The summed E-state index contributed by atoms with van der Waals surface area (Å²) in [6.45, 7) is 4.49. The molecule has 152 valence electrons. The molecule has 1 saturated carbocycles. The SMILES string of the molecule is Cc1ccc(C(=O)CCCC2CC[C@@H]3C4CCC(C)c5cccc(c54)[C@@H]3C2)cc1. The number of carbonyl (C=O) groups excluding carboxylic acids is 1. The first-order chi connectivity index (χ1) is 14.1. The second kappa shape index (κ2) is 7.74. The monoisotopic (exact) mass is 386 g/mol. The van der Waals surface area contributed by atoms with Crippen LogP contribution in [-0.4, -0.2) is 5.78 Å². The summed E-state index contributed by atoms with van der Waals surface area (Å²) in [6.07, 6.45) is 9.86. The lowest BCUT2D eigenvalue weighted by Crippen LogP contribution is -2.23. The van der Waals surface area contributed by atoms with Gasteiger partial charge in [0.1, 0.15) is 0 Å². The molecule has 1 fully saturated rings. The van der Waals surface area contributed by atoms with Crippen molar-refractivity contribution in [2.75, 3.05) is 0 Å². The van der Waals surface area contributed by atoms with E-state index in [0.29, 0.717) is 12.2 Å². The minimum atomic E-state index is 0.314. The third-order valence-electron chi connectivity index (χ3n) is 8.30. The van der Waals surface area contributed by atoms with Crippen molar-refractivity contribution in [2.24, 2.45) is 11.8 Å². The average Bonchev–Trinajstić information content (AvgIpc) is 3.06. The molecule has 5 rings (SSSR count). The first-order valence-corrected chi connectivity index (χ1v) is 11.8. The molecule has 0 aromatic heterocycles. The highest BCUT2D eigenvalue weighted by atomic mass is 16.1. The number of Topliss-reactive ketones (excluding diaryl/α,β-unsaturated/α-hetero) is 1. The van der Waals surface area contributed by atoms with Crippen molar-refractivity contribution in [3.63, 3.8) is 0 Å². The lowest BCUT2D eigenvalue weighted by Gasteiger charge is -2.36. The third-order valence-corrected chi connectivity index (χ3v) is 8.30. The highest BCUT2D eigenvalue weighted by Crippen LogP contribution is 2.60. The second-order valence-corrected chi connectivity index (χ2v) is 10.1. The van der Waals surface area contributed by atoms with E-state index in [4.69, 9.17) is 0 Å². The molecule has 3 aliphatic carbocycles. The molecule has 2 aromatic carbocycles. The Bertz CT molecular complexity index is 893. The summed E-state index contributed by atoms with van der Waals surface area (Å²) in [5, 5.41) is 0. The zero-order valence-corrected chi connectivity index (χ0v) is 18.0. The standard InChI is InChI=1S/C28H34O/c1-18-9-13-21(14-10-18)27(29)8-3-5-20-12-16-23-25-15-11-19(2)22-6-4-7-24(28(22)25)26(23)17-20/h4,6-7,9-10,13-14,19-20,23,25-26H,3,5,8,11-12,15-17H2,1-2H3/t19?,20?,23-,25?,26-/m1/s1. The average molecular weight is 387 g/mol. The minimum absolute atomic E-state index is 0.314. The summed E-state index contributed by atoms with van der Waals surface area (Å²) >= 11 is 0. The maximum atomic E-state index is 12.5. The van der Waals surface area contributed by atoms with Gasteiger partial charge in [-0.25, -0.2) is 0 Å². The van der Waals surface area contributed by atoms with Crippen LogP contribution >= 0.6 is 0 Å². The highest BCUT2D eigenvalue weighted by Gasteiger charge is 2.46. The van der Waals surface area contributed by atoms with Gasteiger partial charge in [-0.1, -0.05) is 61.4 Å². The number of hydrogen-bond donors (Lipinski definition) is 0. The Morgan fingerprint density at radius 1 is 0.931 bits per heavy atom. The van der Waals surface area contributed by atoms with Gasteiger partial charge in [-0.05, 0) is 91.7 Å². The summed E-state index contributed by atoms with van der Waals surface area (Å²) in [7, 11) is 0. The molecule has 1 nitrogen and oxygen atoms in total. The maximum Gasteiger partial charge on any atom is 0.162 e. The molecule has 0 heterocycles. The fraction of sp³-hybridized carbons (Fsp3) is 0.536. The molecule has 5 atom stereocenters. The quantitative estimate of drug-likeness (QED) is 0.485. The van der Waals surface area contributed by atoms with E-state index in [0.717, 1.165) is 41.6 Å². The van der Waals surface area contributed by atoms with Crippen LogP contribution in [0.4, 0.5) is 0 Å². The zero-order chi connectivity index (χ0) is 20.0. The van der Waals surface area contributed by atoms with Gasteiger partial charge in [0.05, 0.1) is 0 Å². The molecule has 0 bridgehead atoms. The molecule has 1 heteroatoms. The van der Waals surface area contributed by atoms with Gasteiger partial charge < -0.3 is 0 Å². The first-order valence-electron chi connectivity index (χ1n) is 11.8. The van der Waals surface area contributed by atoms with Crippen molar-refractivity contribution in [3.8, 4) is 0 Å². The summed E-state index contributed by atoms with van der Waals surface area (Å²) in [6, 6.07) is 15.2. The molecule has 3 unspecified atom stereocenters. The van der Waals surface area contributed by atoms with Gasteiger partial charge in [0, 0.05) is 12.0 Å². The van der Waals surface area contributed by atoms with Crippen molar-refractivity contribution < 1.29 is 4.79 Å². The van der Waals surface area contributed by atoms with E-state index in [1.54, 1.807) is 16.7 Å². The number of hydrogen-bond acceptors (Lipinski definition) is 1. The summed E-state index contributed by atoms with van der Waals surface area (Å²) in [4.78, 5) is 12.5. The molecular formula is C28H34O. The lowest BCUT2D eigenvalue weighted by atomic mass is 9.68. The van der Waals surface area contributed by atoms with E-state index < -0.39 is 0 Å². The van der Waals surface area contributed by atoms with Crippen molar-refractivity contribution in [1.82, 2.24) is 0 Å². The van der Waals surface area contributed by atoms with Crippen molar-refractivity contribution >= 4 is 5.78 Å². The molecule has 29 heavy (non-hydrogen) atoms. The van der Waals surface area contributed by atoms with E-state index in [1.165, 1.54) is 44.1 Å². The van der Waals surface area contributed by atoms with Gasteiger partial charge in [0.25, 0.3) is 0 Å². The van der Waals surface area contributed by atoms with E-state index in [2.05, 4.69) is 32.0 Å². The van der Waals surface area contributed by atoms with Crippen molar-refractivity contribution in [2.45, 2.75) is 83.0 Å². The Morgan fingerprint density at radius 3 is 2.55 bits per heavy atom.